The van der Waals surface area contributed by atoms with E-state index in [0.29, 0.717) is 12.6 Å². The Kier molecular flexibility index (Phi) is 5.76. The van der Waals surface area contributed by atoms with E-state index in [2.05, 4.69) is 36.3 Å². The Hall–Kier alpha value is -1.40. The molecule has 2 aromatic heterocycles. The lowest BCUT2D eigenvalue weighted by atomic mass is 10.2. The van der Waals surface area contributed by atoms with Gasteiger partial charge in [0.15, 0.2) is 5.13 Å². The standard InChI is InChI=1S/C15H20N2O2S2/c1-4-19-14(18)8-12-9-20-15(17-12)16-10(2)7-13-6-5-11(3)21-13/h5-6,9-10H,4,7-8H2,1-3H3,(H,16,17). The third kappa shape index (κ3) is 5.13. The van der Waals surface area contributed by atoms with Crippen molar-refractivity contribution >= 4 is 33.8 Å². The molecule has 6 heteroatoms. The Morgan fingerprint density at radius 1 is 1.48 bits per heavy atom. The summed E-state index contributed by atoms with van der Waals surface area (Å²) in [5.74, 6) is -0.226. The fraction of sp³-hybridized carbons (Fsp3) is 0.467. The average molecular weight is 324 g/mol. The molecule has 0 saturated carbocycles. The van der Waals surface area contributed by atoms with Crippen LogP contribution in [-0.2, 0) is 22.4 Å². The van der Waals surface area contributed by atoms with Crippen LogP contribution in [0.5, 0.6) is 0 Å². The van der Waals surface area contributed by atoms with Gasteiger partial charge in [0.2, 0.25) is 0 Å². The monoisotopic (exact) mass is 324 g/mol. The number of carbonyl (C=O) groups is 1. The summed E-state index contributed by atoms with van der Waals surface area (Å²) < 4.78 is 4.92. The molecule has 0 bridgehead atoms. The summed E-state index contributed by atoms with van der Waals surface area (Å²) in [7, 11) is 0. The number of aryl methyl sites for hydroxylation is 1. The van der Waals surface area contributed by atoms with Crippen molar-refractivity contribution in [3.63, 3.8) is 0 Å². The molecule has 21 heavy (non-hydrogen) atoms. The van der Waals surface area contributed by atoms with Gasteiger partial charge in [-0.25, -0.2) is 4.98 Å². The molecule has 0 fully saturated rings. The lowest BCUT2D eigenvalue weighted by Crippen LogP contribution is -2.17. The number of aromatic nitrogens is 1. The number of rotatable bonds is 7. The summed E-state index contributed by atoms with van der Waals surface area (Å²) in [6, 6.07) is 4.63. The molecule has 4 nitrogen and oxygen atoms in total. The molecule has 0 aromatic carbocycles. The molecule has 1 atom stereocenters. The highest BCUT2D eigenvalue weighted by atomic mass is 32.1. The summed E-state index contributed by atoms with van der Waals surface area (Å²) in [6.45, 7) is 6.47. The molecular weight excluding hydrogens is 304 g/mol. The lowest BCUT2D eigenvalue weighted by Gasteiger charge is -2.11. The molecule has 2 rings (SSSR count). The number of nitrogens with one attached hydrogen (secondary N) is 1. The number of ether oxygens (including phenoxy) is 1. The number of thiazole rings is 1. The SMILES string of the molecule is CCOC(=O)Cc1csc(NC(C)Cc2ccc(C)s2)n1. The number of nitrogens with zero attached hydrogens (tertiary/aromatic N) is 1. The topological polar surface area (TPSA) is 51.2 Å². The molecule has 0 aliphatic heterocycles. The first-order valence-corrected chi connectivity index (χ1v) is 8.68. The maximum atomic E-state index is 11.4. The van der Waals surface area contributed by atoms with E-state index in [1.807, 2.05) is 16.7 Å². The van der Waals surface area contributed by atoms with Crippen LogP contribution < -0.4 is 5.32 Å². The highest BCUT2D eigenvalue weighted by molar-refractivity contribution is 7.13. The third-order valence-corrected chi connectivity index (χ3v) is 4.70. The largest absolute Gasteiger partial charge is 0.466 e. The number of thiophene rings is 1. The van der Waals surface area contributed by atoms with Crippen LogP contribution in [0.2, 0.25) is 0 Å². The molecule has 0 aliphatic carbocycles. The number of carbonyl (C=O) groups excluding carboxylic acids is 1. The van der Waals surface area contributed by atoms with Gasteiger partial charge in [-0.1, -0.05) is 0 Å². The van der Waals surface area contributed by atoms with Crippen LogP contribution in [-0.4, -0.2) is 23.6 Å². The third-order valence-electron chi connectivity index (χ3n) is 2.86. The van der Waals surface area contributed by atoms with Crippen LogP contribution in [0.4, 0.5) is 5.13 Å². The van der Waals surface area contributed by atoms with E-state index in [-0.39, 0.29) is 12.4 Å². The minimum Gasteiger partial charge on any atom is -0.466 e. The molecule has 1 unspecified atom stereocenters. The van der Waals surface area contributed by atoms with Crippen molar-refractivity contribution in [1.29, 1.82) is 0 Å². The molecule has 114 valence electrons. The number of hydrogen-bond donors (Lipinski definition) is 1. The van der Waals surface area contributed by atoms with Gasteiger partial charge in [0.1, 0.15) is 0 Å². The number of hydrogen-bond acceptors (Lipinski definition) is 6. The first kappa shape index (κ1) is 16.0. The van der Waals surface area contributed by atoms with Gasteiger partial charge in [0.25, 0.3) is 0 Å². The molecule has 0 amide bonds. The van der Waals surface area contributed by atoms with E-state index in [4.69, 9.17) is 4.74 Å². The quantitative estimate of drug-likeness (QED) is 0.790. The Morgan fingerprint density at radius 2 is 2.29 bits per heavy atom. The summed E-state index contributed by atoms with van der Waals surface area (Å²) in [4.78, 5) is 18.5. The van der Waals surface area contributed by atoms with Crippen molar-refractivity contribution in [2.45, 2.75) is 39.7 Å². The number of esters is 1. The van der Waals surface area contributed by atoms with E-state index >= 15 is 0 Å². The van der Waals surface area contributed by atoms with E-state index in [0.717, 1.165) is 17.2 Å². The molecule has 2 heterocycles. The van der Waals surface area contributed by atoms with Crippen LogP contribution in [0.3, 0.4) is 0 Å². The smallest absolute Gasteiger partial charge is 0.311 e. The maximum absolute atomic E-state index is 11.4. The van der Waals surface area contributed by atoms with Crippen molar-refractivity contribution in [2.75, 3.05) is 11.9 Å². The summed E-state index contributed by atoms with van der Waals surface area (Å²) >= 11 is 3.35. The Morgan fingerprint density at radius 3 is 2.95 bits per heavy atom. The summed E-state index contributed by atoms with van der Waals surface area (Å²) in [5, 5.41) is 6.15. The predicted octanol–water partition coefficient (Wildman–Crippen LogP) is 3.66. The molecule has 0 aliphatic rings. The lowest BCUT2D eigenvalue weighted by molar-refractivity contribution is -0.142. The molecule has 1 N–H and O–H groups in total. The van der Waals surface area contributed by atoms with Crippen molar-refractivity contribution in [3.8, 4) is 0 Å². The summed E-state index contributed by atoms with van der Waals surface area (Å²) in [5.41, 5.74) is 0.764. The van der Waals surface area contributed by atoms with Gasteiger partial charge in [-0.05, 0) is 32.9 Å². The van der Waals surface area contributed by atoms with Gasteiger partial charge in [-0.2, -0.15) is 0 Å². The van der Waals surface area contributed by atoms with Crippen LogP contribution in [0.1, 0.15) is 29.3 Å². The van der Waals surface area contributed by atoms with Crippen LogP contribution in [0.25, 0.3) is 0 Å². The maximum Gasteiger partial charge on any atom is 0.311 e. The molecule has 0 spiro atoms. The van der Waals surface area contributed by atoms with E-state index in [1.165, 1.54) is 21.1 Å². The second-order valence-electron chi connectivity index (χ2n) is 4.89. The fourth-order valence-corrected chi connectivity index (χ4v) is 3.81. The second-order valence-corrected chi connectivity index (χ2v) is 7.12. The number of anilines is 1. The van der Waals surface area contributed by atoms with Crippen LogP contribution in [0.15, 0.2) is 17.5 Å². The van der Waals surface area contributed by atoms with Gasteiger partial charge in [0, 0.05) is 27.6 Å². The van der Waals surface area contributed by atoms with Gasteiger partial charge < -0.3 is 10.1 Å². The average Bonchev–Trinajstić information content (AvgIpc) is 2.99. The van der Waals surface area contributed by atoms with Crippen LogP contribution in [0, 0.1) is 6.92 Å². The molecular formula is C15H20N2O2S2. The van der Waals surface area contributed by atoms with Crippen LogP contribution >= 0.6 is 22.7 Å². The van der Waals surface area contributed by atoms with Crippen molar-refractivity contribution in [3.05, 3.63) is 33.0 Å². The second kappa shape index (κ2) is 7.56. The highest BCUT2D eigenvalue weighted by Crippen LogP contribution is 2.20. The van der Waals surface area contributed by atoms with Gasteiger partial charge >= 0.3 is 5.97 Å². The summed E-state index contributed by atoms with van der Waals surface area (Å²) in [6.07, 6.45) is 1.22. The Bertz CT molecular complexity index is 592. The predicted molar refractivity (Wildman–Crippen MR) is 88.3 cm³/mol. The van der Waals surface area contributed by atoms with Crippen molar-refractivity contribution in [1.82, 2.24) is 4.98 Å². The molecule has 0 radical (unpaired) electrons. The van der Waals surface area contributed by atoms with E-state index < -0.39 is 0 Å². The van der Waals surface area contributed by atoms with E-state index in [9.17, 15) is 4.79 Å². The highest BCUT2D eigenvalue weighted by Gasteiger charge is 2.11. The molecule has 2 aromatic rings. The van der Waals surface area contributed by atoms with Gasteiger partial charge in [-0.3, -0.25) is 4.79 Å². The minimum atomic E-state index is -0.226. The molecule has 0 saturated heterocycles. The Labute approximate surface area is 133 Å². The van der Waals surface area contributed by atoms with Crippen molar-refractivity contribution < 1.29 is 9.53 Å². The fourth-order valence-electron chi connectivity index (χ4n) is 1.97. The zero-order valence-corrected chi connectivity index (χ0v) is 14.1. The minimum absolute atomic E-state index is 0.226. The first-order valence-electron chi connectivity index (χ1n) is 6.98. The zero-order chi connectivity index (χ0) is 15.2. The van der Waals surface area contributed by atoms with Gasteiger partial charge in [0.05, 0.1) is 18.7 Å². The van der Waals surface area contributed by atoms with Gasteiger partial charge in [-0.15, -0.1) is 22.7 Å². The first-order chi connectivity index (χ1) is 10.1. The van der Waals surface area contributed by atoms with E-state index in [1.54, 1.807) is 6.92 Å². The Balaban J connectivity index is 1.85. The normalized spacial score (nSPS) is 12.1. The zero-order valence-electron chi connectivity index (χ0n) is 12.5. The van der Waals surface area contributed by atoms with Crippen molar-refractivity contribution in [2.24, 2.45) is 0 Å².